The first-order valence-corrected chi connectivity index (χ1v) is 7.67. The number of ketones is 1. The summed E-state index contributed by atoms with van der Waals surface area (Å²) in [5.74, 6) is -0.249. The van der Waals surface area contributed by atoms with E-state index in [4.69, 9.17) is 10.5 Å². The highest BCUT2D eigenvalue weighted by Crippen LogP contribution is 2.41. The minimum absolute atomic E-state index is 0.0855. The van der Waals surface area contributed by atoms with Crippen LogP contribution in [-0.4, -0.2) is 17.5 Å². The number of hydrogen-bond donors (Lipinski definition) is 1. The number of ether oxygens (including phenoxy) is 1. The van der Waals surface area contributed by atoms with E-state index in [-0.39, 0.29) is 11.7 Å². The molecule has 0 radical (unpaired) electrons. The number of primary amides is 1. The number of carbonyl (C=O) groups excluding carboxylic acids is 2. The summed E-state index contributed by atoms with van der Waals surface area (Å²) in [5.41, 5.74) is 4.58. The summed E-state index contributed by atoms with van der Waals surface area (Å²) in [4.78, 5) is 24.3. The van der Waals surface area contributed by atoms with Crippen LogP contribution in [0.2, 0.25) is 0 Å². The zero-order valence-corrected chi connectivity index (χ0v) is 14.2. The van der Waals surface area contributed by atoms with Crippen LogP contribution in [0.4, 0.5) is 4.79 Å². The van der Waals surface area contributed by atoms with E-state index in [0.29, 0.717) is 12.8 Å². The normalized spacial score (nSPS) is 14.5. The van der Waals surface area contributed by atoms with Crippen molar-refractivity contribution in [1.82, 2.24) is 0 Å². The van der Waals surface area contributed by atoms with E-state index in [0.717, 1.165) is 5.56 Å². The molecule has 0 aromatic heterocycles. The molecule has 0 aliphatic carbocycles. The molecule has 1 aromatic carbocycles. The Labute approximate surface area is 133 Å². The van der Waals surface area contributed by atoms with Crippen LogP contribution in [0, 0.1) is 11.3 Å². The second kappa shape index (κ2) is 6.95. The molecule has 0 aliphatic rings. The summed E-state index contributed by atoms with van der Waals surface area (Å²) < 4.78 is 5.40. The molecule has 2 N–H and O–H groups in total. The first kappa shape index (κ1) is 18.2. The lowest BCUT2D eigenvalue weighted by Crippen LogP contribution is -2.58. The Hall–Kier alpha value is -1.84. The molecular weight excluding hydrogens is 278 g/mol. The van der Waals surface area contributed by atoms with Gasteiger partial charge < -0.3 is 10.5 Å². The fraction of sp³-hybridized carbons (Fsp3) is 0.556. The highest BCUT2D eigenvalue weighted by Gasteiger charge is 2.53. The van der Waals surface area contributed by atoms with Gasteiger partial charge in [-0.2, -0.15) is 0 Å². The quantitative estimate of drug-likeness (QED) is 0.870. The van der Waals surface area contributed by atoms with E-state index in [2.05, 4.69) is 0 Å². The molecule has 4 nitrogen and oxygen atoms in total. The van der Waals surface area contributed by atoms with Crippen molar-refractivity contribution in [2.45, 2.75) is 53.1 Å². The zero-order chi connectivity index (χ0) is 17.0. The molecule has 0 aliphatic heterocycles. The molecule has 0 saturated heterocycles. The van der Waals surface area contributed by atoms with Gasteiger partial charge in [0.05, 0.1) is 0 Å². The molecule has 0 bridgehead atoms. The SMILES string of the molecule is CC(C)C(OC(N)=O)(C(=O)CCc1ccccc1)C(C)(C)C. The van der Waals surface area contributed by atoms with Crippen LogP contribution in [0.25, 0.3) is 0 Å². The number of rotatable bonds is 6. The van der Waals surface area contributed by atoms with E-state index in [1.165, 1.54) is 0 Å². The molecule has 22 heavy (non-hydrogen) atoms. The minimum Gasteiger partial charge on any atom is -0.434 e. The Balaban J connectivity index is 3.04. The predicted molar refractivity (Wildman–Crippen MR) is 87.5 cm³/mol. The van der Waals surface area contributed by atoms with Crippen LogP contribution in [0.15, 0.2) is 30.3 Å². The smallest absolute Gasteiger partial charge is 0.405 e. The molecule has 4 heteroatoms. The molecule has 0 fully saturated rings. The molecular formula is C18H27NO3. The van der Waals surface area contributed by atoms with Crippen molar-refractivity contribution in [3.63, 3.8) is 0 Å². The zero-order valence-electron chi connectivity index (χ0n) is 14.2. The molecule has 1 atom stereocenters. The average Bonchev–Trinajstić information content (AvgIpc) is 2.41. The van der Waals surface area contributed by atoms with Gasteiger partial charge in [-0.25, -0.2) is 4.79 Å². The number of benzene rings is 1. The van der Waals surface area contributed by atoms with Crippen LogP contribution < -0.4 is 5.73 Å². The summed E-state index contributed by atoms with van der Waals surface area (Å²) >= 11 is 0. The average molecular weight is 305 g/mol. The van der Waals surface area contributed by atoms with Crippen LogP contribution in [-0.2, 0) is 16.0 Å². The lowest BCUT2D eigenvalue weighted by Gasteiger charge is -2.45. The largest absolute Gasteiger partial charge is 0.434 e. The first-order chi connectivity index (χ1) is 10.1. The molecule has 1 rings (SSSR count). The van der Waals surface area contributed by atoms with Gasteiger partial charge in [-0.1, -0.05) is 65.0 Å². The second-order valence-corrected chi connectivity index (χ2v) is 6.97. The Morgan fingerprint density at radius 3 is 2.09 bits per heavy atom. The lowest BCUT2D eigenvalue weighted by atomic mass is 9.66. The van der Waals surface area contributed by atoms with Gasteiger partial charge in [0.1, 0.15) is 0 Å². The number of Topliss-reactive ketones (excluding diaryl/α,β-unsaturated/α-hetero) is 1. The molecule has 1 unspecified atom stereocenters. The van der Waals surface area contributed by atoms with Crippen LogP contribution in [0.3, 0.4) is 0 Å². The van der Waals surface area contributed by atoms with E-state index in [1.807, 2.05) is 65.0 Å². The highest BCUT2D eigenvalue weighted by molar-refractivity contribution is 5.90. The van der Waals surface area contributed by atoms with Gasteiger partial charge in [0, 0.05) is 17.8 Å². The molecule has 122 valence electrons. The monoisotopic (exact) mass is 305 g/mol. The summed E-state index contributed by atoms with van der Waals surface area (Å²) in [6.45, 7) is 9.46. The van der Waals surface area contributed by atoms with Crippen LogP contribution in [0.5, 0.6) is 0 Å². The third-order valence-electron chi connectivity index (χ3n) is 4.09. The van der Waals surface area contributed by atoms with E-state index < -0.39 is 17.1 Å². The molecule has 0 spiro atoms. The van der Waals surface area contributed by atoms with Crippen molar-refractivity contribution >= 4 is 11.9 Å². The maximum atomic E-state index is 12.9. The third kappa shape index (κ3) is 3.87. The topological polar surface area (TPSA) is 69.4 Å². The van der Waals surface area contributed by atoms with Crippen molar-refractivity contribution in [3.05, 3.63) is 35.9 Å². The van der Waals surface area contributed by atoms with E-state index in [1.54, 1.807) is 0 Å². The summed E-state index contributed by atoms with van der Waals surface area (Å²) in [7, 11) is 0. The van der Waals surface area contributed by atoms with Crippen molar-refractivity contribution in [1.29, 1.82) is 0 Å². The third-order valence-corrected chi connectivity index (χ3v) is 4.09. The Kier molecular flexibility index (Phi) is 5.75. The summed E-state index contributed by atoms with van der Waals surface area (Å²) in [6.07, 6.45) is 0.0238. The van der Waals surface area contributed by atoms with Gasteiger partial charge in [-0.3, -0.25) is 4.79 Å². The fourth-order valence-corrected chi connectivity index (χ4v) is 3.18. The number of nitrogens with two attached hydrogens (primary N) is 1. The van der Waals surface area contributed by atoms with Gasteiger partial charge in [-0.05, 0) is 12.0 Å². The number of hydrogen-bond acceptors (Lipinski definition) is 3. The summed E-state index contributed by atoms with van der Waals surface area (Å²) in [5, 5.41) is 0. The Morgan fingerprint density at radius 1 is 1.14 bits per heavy atom. The maximum Gasteiger partial charge on any atom is 0.405 e. The van der Waals surface area contributed by atoms with Gasteiger partial charge in [-0.15, -0.1) is 0 Å². The summed E-state index contributed by atoms with van der Waals surface area (Å²) in [6, 6.07) is 9.79. The number of amides is 1. The maximum absolute atomic E-state index is 12.9. The Morgan fingerprint density at radius 2 is 1.68 bits per heavy atom. The standard InChI is InChI=1S/C18H27NO3/c1-13(2)18(17(3,4)5,22-16(19)21)15(20)12-11-14-9-7-6-8-10-14/h6-10,13H,11-12H2,1-5H3,(H2,19,21). The predicted octanol–water partition coefficient (Wildman–Crippen LogP) is 3.72. The van der Waals surface area contributed by atoms with Gasteiger partial charge >= 0.3 is 6.09 Å². The molecule has 1 amide bonds. The van der Waals surface area contributed by atoms with Crippen molar-refractivity contribution in [2.75, 3.05) is 0 Å². The van der Waals surface area contributed by atoms with Crippen LogP contribution in [0.1, 0.15) is 46.6 Å². The lowest BCUT2D eigenvalue weighted by molar-refractivity contribution is -0.158. The van der Waals surface area contributed by atoms with E-state index >= 15 is 0 Å². The Bertz CT molecular complexity index is 517. The van der Waals surface area contributed by atoms with Gasteiger partial charge in [0.25, 0.3) is 0 Å². The van der Waals surface area contributed by atoms with Crippen LogP contribution >= 0.6 is 0 Å². The van der Waals surface area contributed by atoms with Gasteiger partial charge in [0.2, 0.25) is 0 Å². The fourth-order valence-electron chi connectivity index (χ4n) is 3.18. The molecule has 0 saturated carbocycles. The number of carbonyl (C=O) groups is 2. The first-order valence-electron chi connectivity index (χ1n) is 7.67. The second-order valence-electron chi connectivity index (χ2n) is 6.97. The van der Waals surface area contributed by atoms with Crippen molar-refractivity contribution in [3.8, 4) is 0 Å². The van der Waals surface area contributed by atoms with Gasteiger partial charge in [0.15, 0.2) is 11.4 Å². The minimum atomic E-state index is -1.21. The van der Waals surface area contributed by atoms with Crippen molar-refractivity contribution < 1.29 is 14.3 Å². The molecule has 1 aromatic rings. The molecule has 0 heterocycles. The number of aryl methyl sites for hydroxylation is 1. The highest BCUT2D eigenvalue weighted by atomic mass is 16.6. The van der Waals surface area contributed by atoms with E-state index in [9.17, 15) is 9.59 Å². The van der Waals surface area contributed by atoms with Crippen molar-refractivity contribution in [2.24, 2.45) is 17.1 Å².